The van der Waals surface area contributed by atoms with Crippen LogP contribution in [0.3, 0.4) is 0 Å². The van der Waals surface area contributed by atoms with Crippen molar-refractivity contribution in [3.8, 4) is 11.3 Å². The highest BCUT2D eigenvalue weighted by Gasteiger charge is 2.09. The lowest BCUT2D eigenvalue weighted by atomic mass is 10.0. The number of aryl methyl sites for hydroxylation is 2. The van der Waals surface area contributed by atoms with Crippen LogP contribution >= 0.6 is 0 Å². The topological polar surface area (TPSA) is 42.7 Å². The second kappa shape index (κ2) is 7.20. The van der Waals surface area contributed by atoms with Crippen LogP contribution in [0.15, 0.2) is 24.4 Å². The number of hydrogen-bond donors (Lipinski definition) is 1. The Morgan fingerprint density at radius 2 is 2.05 bits per heavy atom. The van der Waals surface area contributed by atoms with Crippen molar-refractivity contribution in [3.63, 3.8) is 0 Å². The van der Waals surface area contributed by atoms with Gasteiger partial charge in [0.05, 0.1) is 11.9 Å². The van der Waals surface area contributed by atoms with Crippen molar-refractivity contribution in [1.29, 1.82) is 0 Å². The molecule has 108 valence electrons. The molecule has 0 fully saturated rings. The Morgan fingerprint density at radius 3 is 2.80 bits per heavy atom. The predicted octanol–water partition coefficient (Wildman–Crippen LogP) is 3.16. The maximum atomic E-state index is 4.18. The lowest BCUT2D eigenvalue weighted by Gasteiger charge is -2.11. The number of aromatic nitrogens is 3. The number of nitrogens with one attached hydrogen (secondary N) is 1. The van der Waals surface area contributed by atoms with Gasteiger partial charge in [-0.2, -0.15) is 0 Å². The summed E-state index contributed by atoms with van der Waals surface area (Å²) in [5, 5.41) is 11.7. The molecule has 1 heterocycles. The fourth-order valence-corrected chi connectivity index (χ4v) is 2.31. The van der Waals surface area contributed by atoms with E-state index in [2.05, 4.69) is 54.6 Å². The Hall–Kier alpha value is -1.68. The van der Waals surface area contributed by atoms with E-state index in [4.69, 9.17) is 0 Å². The largest absolute Gasteiger partial charge is 0.313 e. The minimum Gasteiger partial charge on any atom is -0.313 e. The van der Waals surface area contributed by atoms with Crippen LogP contribution in [0, 0.1) is 6.92 Å². The average Bonchev–Trinajstić information content (AvgIpc) is 2.89. The number of benzene rings is 1. The van der Waals surface area contributed by atoms with Crippen LogP contribution in [0.4, 0.5) is 0 Å². The van der Waals surface area contributed by atoms with E-state index in [1.165, 1.54) is 16.7 Å². The monoisotopic (exact) mass is 272 g/mol. The van der Waals surface area contributed by atoms with Gasteiger partial charge in [0, 0.05) is 18.7 Å². The van der Waals surface area contributed by atoms with Gasteiger partial charge in [-0.1, -0.05) is 31.2 Å². The third-order valence-corrected chi connectivity index (χ3v) is 3.39. The molecule has 1 aromatic heterocycles. The van der Waals surface area contributed by atoms with Gasteiger partial charge in [0.25, 0.3) is 0 Å². The van der Waals surface area contributed by atoms with E-state index in [0.717, 1.165) is 38.2 Å². The van der Waals surface area contributed by atoms with Gasteiger partial charge < -0.3 is 5.32 Å². The summed E-state index contributed by atoms with van der Waals surface area (Å²) in [7, 11) is 0. The molecule has 0 aliphatic heterocycles. The minimum atomic E-state index is 0.910. The van der Waals surface area contributed by atoms with Crippen molar-refractivity contribution in [2.24, 2.45) is 0 Å². The lowest BCUT2D eigenvalue weighted by molar-refractivity contribution is 0.584. The highest BCUT2D eigenvalue weighted by Crippen LogP contribution is 2.24. The third-order valence-electron chi connectivity index (χ3n) is 3.39. The summed E-state index contributed by atoms with van der Waals surface area (Å²) >= 11 is 0. The quantitative estimate of drug-likeness (QED) is 0.787. The van der Waals surface area contributed by atoms with Crippen LogP contribution in [-0.2, 0) is 13.1 Å². The molecule has 4 heteroatoms. The van der Waals surface area contributed by atoms with Gasteiger partial charge in [0.15, 0.2) is 0 Å². The molecule has 2 aromatic rings. The summed E-state index contributed by atoms with van der Waals surface area (Å²) in [6.07, 6.45) is 4.08. The standard InChI is InChI=1S/C16H24N4/c1-4-8-17-11-14-7-6-13(3)15(10-14)16-12-18-19-20(16)9-5-2/h6-7,10,12,17H,4-5,8-9,11H2,1-3H3. The Morgan fingerprint density at radius 1 is 1.20 bits per heavy atom. The van der Waals surface area contributed by atoms with E-state index in [1.54, 1.807) is 0 Å². The summed E-state index contributed by atoms with van der Waals surface area (Å²) in [5.41, 5.74) is 4.92. The van der Waals surface area contributed by atoms with Gasteiger partial charge in [0.1, 0.15) is 0 Å². The first-order chi connectivity index (χ1) is 9.76. The number of rotatable bonds is 7. The van der Waals surface area contributed by atoms with Crippen LogP contribution in [0.1, 0.15) is 37.8 Å². The molecule has 0 radical (unpaired) electrons. The molecule has 1 aromatic carbocycles. The Balaban J connectivity index is 2.25. The summed E-state index contributed by atoms with van der Waals surface area (Å²) < 4.78 is 1.99. The molecule has 0 saturated carbocycles. The van der Waals surface area contributed by atoms with Gasteiger partial charge in [-0.15, -0.1) is 5.10 Å². The highest BCUT2D eigenvalue weighted by molar-refractivity contribution is 5.63. The lowest BCUT2D eigenvalue weighted by Crippen LogP contribution is -2.13. The molecule has 0 bridgehead atoms. The minimum absolute atomic E-state index is 0.910. The van der Waals surface area contributed by atoms with E-state index in [0.29, 0.717) is 0 Å². The van der Waals surface area contributed by atoms with E-state index < -0.39 is 0 Å². The van der Waals surface area contributed by atoms with Crippen LogP contribution in [0.5, 0.6) is 0 Å². The van der Waals surface area contributed by atoms with E-state index >= 15 is 0 Å². The van der Waals surface area contributed by atoms with Gasteiger partial charge in [-0.05, 0) is 43.5 Å². The molecule has 0 aliphatic carbocycles. The summed E-state index contributed by atoms with van der Waals surface area (Å²) in [5.74, 6) is 0. The zero-order valence-electron chi connectivity index (χ0n) is 12.7. The third kappa shape index (κ3) is 3.45. The smallest absolute Gasteiger partial charge is 0.0888 e. The summed E-state index contributed by atoms with van der Waals surface area (Å²) in [6, 6.07) is 6.62. The van der Waals surface area contributed by atoms with Gasteiger partial charge in [-0.25, -0.2) is 4.68 Å². The van der Waals surface area contributed by atoms with Gasteiger partial charge >= 0.3 is 0 Å². The molecule has 1 N–H and O–H groups in total. The van der Waals surface area contributed by atoms with E-state index in [-0.39, 0.29) is 0 Å². The molecule has 0 spiro atoms. The van der Waals surface area contributed by atoms with Crippen LogP contribution in [0.2, 0.25) is 0 Å². The Bertz CT molecular complexity index is 545. The SMILES string of the molecule is CCCNCc1ccc(C)c(-c2cnnn2CCC)c1. The van der Waals surface area contributed by atoms with Gasteiger partial charge in [0.2, 0.25) is 0 Å². The van der Waals surface area contributed by atoms with Crippen molar-refractivity contribution >= 4 is 0 Å². The molecule has 2 rings (SSSR count). The molecule has 0 unspecified atom stereocenters. The van der Waals surface area contributed by atoms with E-state index in [9.17, 15) is 0 Å². The average molecular weight is 272 g/mol. The first kappa shape index (κ1) is 14.7. The van der Waals surface area contributed by atoms with Gasteiger partial charge in [-0.3, -0.25) is 0 Å². The highest BCUT2D eigenvalue weighted by atomic mass is 15.4. The second-order valence-electron chi connectivity index (χ2n) is 5.17. The normalized spacial score (nSPS) is 10.9. The molecule has 0 atom stereocenters. The first-order valence-corrected chi connectivity index (χ1v) is 7.45. The maximum Gasteiger partial charge on any atom is 0.0888 e. The maximum absolute atomic E-state index is 4.18. The molecule has 0 amide bonds. The van der Waals surface area contributed by atoms with Crippen LogP contribution in [-0.4, -0.2) is 21.5 Å². The summed E-state index contributed by atoms with van der Waals surface area (Å²) in [6.45, 7) is 9.36. The zero-order valence-corrected chi connectivity index (χ0v) is 12.7. The molecular weight excluding hydrogens is 248 g/mol. The molecule has 4 nitrogen and oxygen atoms in total. The fraction of sp³-hybridized carbons (Fsp3) is 0.500. The molecular formula is C16H24N4. The summed E-state index contributed by atoms with van der Waals surface area (Å²) in [4.78, 5) is 0. The van der Waals surface area contributed by atoms with Crippen LogP contribution < -0.4 is 5.32 Å². The second-order valence-corrected chi connectivity index (χ2v) is 5.17. The van der Waals surface area contributed by atoms with Crippen molar-refractivity contribution < 1.29 is 0 Å². The van der Waals surface area contributed by atoms with Crippen molar-refractivity contribution in [1.82, 2.24) is 20.3 Å². The first-order valence-electron chi connectivity index (χ1n) is 7.45. The molecule has 0 saturated heterocycles. The fourth-order valence-electron chi connectivity index (χ4n) is 2.31. The van der Waals surface area contributed by atoms with Crippen LogP contribution in [0.25, 0.3) is 11.3 Å². The van der Waals surface area contributed by atoms with E-state index in [1.807, 2.05) is 10.9 Å². The number of hydrogen-bond acceptors (Lipinski definition) is 3. The zero-order chi connectivity index (χ0) is 14.4. The Kier molecular flexibility index (Phi) is 5.30. The van der Waals surface area contributed by atoms with Crippen molar-refractivity contribution in [2.75, 3.05) is 6.54 Å². The predicted molar refractivity (Wildman–Crippen MR) is 82.5 cm³/mol. The Labute approximate surface area is 121 Å². The van der Waals surface area contributed by atoms with Crippen molar-refractivity contribution in [2.45, 2.75) is 46.7 Å². The molecule has 20 heavy (non-hydrogen) atoms. The molecule has 0 aliphatic rings. The van der Waals surface area contributed by atoms with Crippen molar-refractivity contribution in [3.05, 3.63) is 35.5 Å². The number of nitrogens with zero attached hydrogens (tertiary/aromatic N) is 3.